The normalized spacial score (nSPS) is 24.9. The van der Waals surface area contributed by atoms with Crippen LogP contribution in [0, 0.1) is 0 Å². The first-order valence-corrected chi connectivity index (χ1v) is 10.5. The average Bonchev–Trinajstić information content (AvgIpc) is 2.63. The number of benzene rings is 1. The summed E-state index contributed by atoms with van der Waals surface area (Å²) in [5.41, 5.74) is -0.651. The zero-order valence-corrected chi connectivity index (χ0v) is 17.2. The van der Waals surface area contributed by atoms with E-state index in [4.69, 9.17) is 4.74 Å². The van der Waals surface area contributed by atoms with Gasteiger partial charge in [0.15, 0.2) is 0 Å². The highest BCUT2D eigenvalue weighted by Gasteiger charge is 2.35. The molecule has 2 aliphatic heterocycles. The number of methoxy groups -OCH3 is 1. The summed E-state index contributed by atoms with van der Waals surface area (Å²) in [5, 5.41) is 3.76. The molecule has 158 valence electrons. The molecule has 1 aromatic carbocycles. The molecule has 3 atom stereocenters. The van der Waals surface area contributed by atoms with Crippen LogP contribution in [0.3, 0.4) is 0 Å². The van der Waals surface area contributed by atoms with E-state index in [0.717, 1.165) is 12.1 Å². The van der Waals surface area contributed by atoms with Gasteiger partial charge in [-0.2, -0.15) is 18.2 Å². The summed E-state index contributed by atoms with van der Waals surface area (Å²) in [6.07, 6.45) is -4.48. The highest BCUT2D eigenvalue weighted by atomic mass is 32.2. The Bertz CT molecular complexity index is 984. The number of aromatic nitrogens is 2. The Morgan fingerprint density at radius 2 is 1.97 bits per heavy atom. The average molecular weight is 428 g/mol. The summed E-state index contributed by atoms with van der Waals surface area (Å²) in [6, 6.07) is 2.26. The molecule has 0 bridgehead atoms. The summed E-state index contributed by atoms with van der Waals surface area (Å²) < 4.78 is 47.5. The number of hydrogen-bond acceptors (Lipinski definition) is 6. The van der Waals surface area contributed by atoms with E-state index < -0.39 is 17.4 Å². The Morgan fingerprint density at radius 1 is 1.28 bits per heavy atom. The Hall–Kier alpha value is -1.78. The zero-order valence-electron chi connectivity index (χ0n) is 16.4. The molecule has 0 aliphatic carbocycles. The predicted octanol–water partition coefficient (Wildman–Crippen LogP) is 2.90. The van der Waals surface area contributed by atoms with E-state index in [2.05, 4.69) is 10.3 Å². The van der Waals surface area contributed by atoms with Crippen LogP contribution in [-0.4, -0.2) is 54.2 Å². The fourth-order valence-electron chi connectivity index (χ4n) is 4.26. The summed E-state index contributed by atoms with van der Waals surface area (Å²) in [4.78, 5) is 19.6. The number of ether oxygens (including phenoxy) is 1. The molecule has 3 heterocycles. The fraction of sp³-hybridized carbons (Fsp3) is 0.579. The van der Waals surface area contributed by atoms with Crippen molar-refractivity contribution in [2.24, 2.45) is 0 Å². The van der Waals surface area contributed by atoms with Gasteiger partial charge in [0.25, 0.3) is 0 Å². The van der Waals surface area contributed by atoms with Gasteiger partial charge in [0.05, 0.1) is 23.7 Å². The molecular formula is C19H23F3N4O2S. The Balaban J connectivity index is 1.99. The van der Waals surface area contributed by atoms with Crippen molar-refractivity contribution >= 4 is 28.5 Å². The molecule has 1 aromatic heterocycles. The maximum atomic E-state index is 13.6. The highest BCUT2D eigenvalue weighted by Crippen LogP contribution is 2.42. The number of alkyl halides is 3. The lowest BCUT2D eigenvalue weighted by Gasteiger charge is -2.38. The lowest BCUT2D eigenvalue weighted by molar-refractivity contribution is -0.137. The van der Waals surface area contributed by atoms with Crippen molar-refractivity contribution in [1.82, 2.24) is 14.9 Å². The van der Waals surface area contributed by atoms with Gasteiger partial charge in [-0.25, -0.2) is 4.79 Å². The van der Waals surface area contributed by atoms with Gasteiger partial charge in [-0.3, -0.25) is 4.57 Å². The number of piperazine rings is 1. The summed E-state index contributed by atoms with van der Waals surface area (Å²) in [7, 11) is 1.54. The van der Waals surface area contributed by atoms with Crippen molar-refractivity contribution in [2.75, 3.05) is 37.5 Å². The summed E-state index contributed by atoms with van der Waals surface area (Å²) in [5.74, 6) is 0.785. The molecule has 0 spiro atoms. The molecule has 10 heteroatoms. The maximum Gasteiger partial charge on any atom is 0.416 e. The fourth-order valence-corrected chi connectivity index (χ4v) is 5.43. The van der Waals surface area contributed by atoms with E-state index in [1.165, 1.54) is 16.3 Å². The third-order valence-corrected chi connectivity index (χ3v) is 6.48. The number of nitrogens with zero attached hydrogens (tertiary/aromatic N) is 3. The van der Waals surface area contributed by atoms with Crippen LogP contribution in [0.4, 0.5) is 19.0 Å². The standard InChI is InChI=1S/C19H23F3N4O2S/c1-10-6-25(7-11(2)23-10)17-14-4-12(19(20,21)22)5-15-16(14)26(18(27)24-17)13(8-28-3)9-29-15/h4-5,10-11,13,23H,6-9H2,1-3H3/t10-,11?,13?/m1/s1. The number of nitrogens with one attached hydrogen (secondary N) is 1. The molecule has 0 amide bonds. The monoisotopic (exact) mass is 428 g/mol. The van der Waals surface area contributed by atoms with Gasteiger partial charge in [0.1, 0.15) is 5.82 Å². The minimum atomic E-state index is -4.48. The molecule has 0 saturated carbocycles. The Kier molecular flexibility index (Phi) is 5.28. The molecule has 2 aromatic rings. The molecular weight excluding hydrogens is 405 g/mol. The molecule has 6 nitrogen and oxygen atoms in total. The number of rotatable bonds is 3. The van der Waals surface area contributed by atoms with Gasteiger partial charge in [0, 0.05) is 48.3 Å². The molecule has 2 aliphatic rings. The third kappa shape index (κ3) is 3.73. The van der Waals surface area contributed by atoms with Crippen LogP contribution in [0.15, 0.2) is 21.8 Å². The smallest absolute Gasteiger partial charge is 0.383 e. The van der Waals surface area contributed by atoms with Crippen molar-refractivity contribution in [3.63, 3.8) is 0 Å². The van der Waals surface area contributed by atoms with Gasteiger partial charge in [-0.15, -0.1) is 11.8 Å². The molecule has 1 saturated heterocycles. The Morgan fingerprint density at radius 3 is 2.59 bits per heavy atom. The first-order chi connectivity index (χ1) is 13.7. The van der Waals surface area contributed by atoms with Crippen LogP contribution < -0.4 is 15.9 Å². The van der Waals surface area contributed by atoms with Gasteiger partial charge < -0.3 is 15.0 Å². The second-order valence-electron chi connectivity index (χ2n) is 7.75. The van der Waals surface area contributed by atoms with Crippen molar-refractivity contribution < 1.29 is 17.9 Å². The van der Waals surface area contributed by atoms with Crippen LogP contribution in [-0.2, 0) is 10.9 Å². The molecule has 29 heavy (non-hydrogen) atoms. The molecule has 4 rings (SSSR count). The van der Waals surface area contributed by atoms with E-state index in [9.17, 15) is 18.0 Å². The second kappa shape index (κ2) is 7.48. The second-order valence-corrected chi connectivity index (χ2v) is 8.81. The SMILES string of the molecule is COCC1CSc2cc(C(F)(F)F)cc3c(N4CC(C)N[C@H](C)C4)nc(=O)n1c23. The molecule has 1 fully saturated rings. The van der Waals surface area contributed by atoms with Crippen molar-refractivity contribution in [2.45, 2.75) is 43.0 Å². The minimum Gasteiger partial charge on any atom is -0.383 e. The predicted molar refractivity (Wildman–Crippen MR) is 107 cm³/mol. The molecule has 2 unspecified atom stereocenters. The van der Waals surface area contributed by atoms with Gasteiger partial charge >= 0.3 is 11.9 Å². The minimum absolute atomic E-state index is 0.131. The summed E-state index contributed by atoms with van der Waals surface area (Å²) in [6.45, 7) is 5.44. The van der Waals surface area contributed by atoms with Crippen LogP contribution in [0.1, 0.15) is 25.5 Å². The highest BCUT2D eigenvalue weighted by molar-refractivity contribution is 7.99. The van der Waals surface area contributed by atoms with Gasteiger partial charge in [-0.1, -0.05) is 0 Å². The topological polar surface area (TPSA) is 59.4 Å². The molecule has 1 N–H and O–H groups in total. The number of halogens is 3. The van der Waals surface area contributed by atoms with E-state index >= 15 is 0 Å². The van der Waals surface area contributed by atoms with Crippen molar-refractivity contribution in [3.05, 3.63) is 28.2 Å². The lowest BCUT2D eigenvalue weighted by atomic mass is 10.1. The summed E-state index contributed by atoms with van der Waals surface area (Å²) >= 11 is 1.33. The van der Waals surface area contributed by atoms with Gasteiger partial charge in [0.2, 0.25) is 0 Å². The van der Waals surface area contributed by atoms with E-state index in [1.807, 2.05) is 18.7 Å². The van der Waals surface area contributed by atoms with Crippen LogP contribution in [0.2, 0.25) is 0 Å². The van der Waals surface area contributed by atoms with Crippen LogP contribution in [0.25, 0.3) is 10.9 Å². The number of thioether (sulfide) groups is 1. The number of hydrogen-bond donors (Lipinski definition) is 1. The Labute approximate surface area is 170 Å². The first kappa shape index (κ1) is 20.5. The van der Waals surface area contributed by atoms with Crippen molar-refractivity contribution in [3.8, 4) is 0 Å². The third-order valence-electron chi connectivity index (χ3n) is 5.30. The van der Waals surface area contributed by atoms with Gasteiger partial charge in [-0.05, 0) is 26.0 Å². The maximum absolute atomic E-state index is 13.6. The largest absolute Gasteiger partial charge is 0.416 e. The zero-order chi connectivity index (χ0) is 20.9. The molecule has 0 radical (unpaired) electrons. The first-order valence-electron chi connectivity index (χ1n) is 9.49. The lowest BCUT2D eigenvalue weighted by Crippen LogP contribution is -2.55. The van der Waals surface area contributed by atoms with E-state index in [-0.39, 0.29) is 18.1 Å². The quantitative estimate of drug-likeness (QED) is 0.812. The van der Waals surface area contributed by atoms with E-state index in [0.29, 0.717) is 47.1 Å². The van der Waals surface area contributed by atoms with E-state index in [1.54, 1.807) is 7.11 Å². The van der Waals surface area contributed by atoms with Crippen LogP contribution in [0.5, 0.6) is 0 Å². The number of anilines is 1. The van der Waals surface area contributed by atoms with Crippen LogP contribution >= 0.6 is 11.8 Å². The van der Waals surface area contributed by atoms with Crippen molar-refractivity contribution in [1.29, 1.82) is 0 Å².